The fourth-order valence-electron chi connectivity index (χ4n) is 4.64. The van der Waals surface area contributed by atoms with Gasteiger partial charge in [-0.2, -0.15) is 0 Å². The highest BCUT2D eigenvalue weighted by Gasteiger charge is 2.24. The first-order valence-corrected chi connectivity index (χ1v) is 12.3. The Morgan fingerprint density at radius 1 is 1.24 bits per heavy atom. The highest BCUT2D eigenvalue weighted by molar-refractivity contribution is 7.18. The monoisotopic (exact) mass is 477 g/mol. The summed E-state index contributed by atoms with van der Waals surface area (Å²) in [5, 5.41) is 3.83. The average molecular weight is 478 g/mol. The Bertz CT molecular complexity index is 1400. The predicted octanol–water partition coefficient (Wildman–Crippen LogP) is 3.37. The van der Waals surface area contributed by atoms with Crippen LogP contribution in [0.4, 0.5) is 0 Å². The molecule has 0 spiro atoms. The maximum Gasteiger partial charge on any atom is 0.262 e. The van der Waals surface area contributed by atoms with E-state index in [1.54, 1.807) is 35.5 Å². The van der Waals surface area contributed by atoms with Crippen LogP contribution in [0.15, 0.2) is 47.8 Å². The zero-order valence-corrected chi connectivity index (χ0v) is 20.1. The molecule has 34 heavy (non-hydrogen) atoms. The minimum atomic E-state index is -0.482. The van der Waals surface area contributed by atoms with Crippen LogP contribution >= 0.6 is 11.3 Å². The molecule has 8 nitrogen and oxygen atoms in total. The van der Waals surface area contributed by atoms with Gasteiger partial charge in [-0.05, 0) is 37.3 Å². The third kappa shape index (κ3) is 4.11. The first-order chi connectivity index (χ1) is 16.6. The molecule has 0 bridgehead atoms. The van der Waals surface area contributed by atoms with Gasteiger partial charge in [0.1, 0.15) is 22.4 Å². The highest BCUT2D eigenvalue weighted by atomic mass is 32.1. The van der Waals surface area contributed by atoms with Gasteiger partial charge in [-0.1, -0.05) is 18.2 Å². The minimum Gasteiger partial charge on any atom is -0.496 e. The zero-order chi connectivity index (χ0) is 23.7. The first-order valence-electron chi connectivity index (χ1n) is 11.5. The lowest BCUT2D eigenvalue weighted by molar-refractivity contribution is -0.121. The van der Waals surface area contributed by atoms with Crippen LogP contribution in [0.25, 0.3) is 10.2 Å². The molecule has 3 heterocycles. The van der Waals surface area contributed by atoms with E-state index < -0.39 is 6.04 Å². The van der Waals surface area contributed by atoms with Gasteiger partial charge in [0.05, 0.1) is 18.8 Å². The SMILES string of the molecule is COc1ccccc1C(NC(=O)CCn1cnc2sc3c(c2c1=O)CCCC3)c1nccn1C. The molecule has 0 saturated heterocycles. The van der Waals surface area contributed by atoms with Gasteiger partial charge < -0.3 is 14.6 Å². The van der Waals surface area contributed by atoms with Crippen LogP contribution in [0.1, 0.15) is 47.1 Å². The molecule has 9 heteroatoms. The summed E-state index contributed by atoms with van der Waals surface area (Å²) in [5.41, 5.74) is 1.92. The number of nitrogens with one attached hydrogen (secondary N) is 1. The topological polar surface area (TPSA) is 91.0 Å². The highest BCUT2D eigenvalue weighted by Crippen LogP contribution is 2.33. The lowest BCUT2D eigenvalue weighted by Crippen LogP contribution is -2.33. The molecule has 0 saturated carbocycles. The molecule has 0 radical (unpaired) electrons. The Balaban J connectivity index is 1.37. The molecule has 1 aliphatic rings. The number of benzene rings is 1. The van der Waals surface area contributed by atoms with Gasteiger partial charge in [0.25, 0.3) is 5.56 Å². The summed E-state index contributed by atoms with van der Waals surface area (Å²) in [6.45, 7) is 0.261. The summed E-state index contributed by atoms with van der Waals surface area (Å²) in [5.74, 6) is 1.19. The molecule has 5 rings (SSSR count). The largest absolute Gasteiger partial charge is 0.496 e. The smallest absolute Gasteiger partial charge is 0.262 e. The van der Waals surface area contributed by atoms with E-state index in [4.69, 9.17) is 4.74 Å². The van der Waals surface area contributed by atoms with Crippen molar-refractivity contribution in [2.24, 2.45) is 7.05 Å². The van der Waals surface area contributed by atoms with Gasteiger partial charge in [-0.15, -0.1) is 11.3 Å². The minimum absolute atomic E-state index is 0.0532. The van der Waals surface area contributed by atoms with Crippen molar-refractivity contribution in [3.05, 3.63) is 75.2 Å². The second kappa shape index (κ2) is 9.42. The standard InChI is InChI=1S/C25H27N5O3S/c1-29-14-12-26-23(29)22(16-7-3-5-9-18(16)33-2)28-20(31)11-13-30-15-27-24-21(25(30)32)17-8-4-6-10-19(17)34-24/h3,5,7,9,12,14-15,22H,4,6,8,10-11,13H2,1-2H3,(H,28,31). The van der Waals surface area contributed by atoms with Crippen LogP contribution in [-0.4, -0.2) is 32.1 Å². The van der Waals surface area contributed by atoms with E-state index in [-0.39, 0.29) is 24.4 Å². The Morgan fingerprint density at radius 3 is 2.85 bits per heavy atom. The number of carbonyl (C=O) groups is 1. The molecule has 1 N–H and O–H groups in total. The molecule has 1 unspecified atom stereocenters. The lowest BCUT2D eigenvalue weighted by atomic mass is 9.97. The number of carbonyl (C=O) groups excluding carboxylic acids is 1. The van der Waals surface area contributed by atoms with Crippen LogP contribution in [-0.2, 0) is 31.2 Å². The zero-order valence-electron chi connectivity index (χ0n) is 19.3. The van der Waals surface area contributed by atoms with Crippen LogP contribution in [0.2, 0.25) is 0 Å². The molecule has 3 aromatic heterocycles. The van der Waals surface area contributed by atoms with Gasteiger partial charge in [0.15, 0.2) is 0 Å². The molecule has 1 atom stereocenters. The number of hydrogen-bond donors (Lipinski definition) is 1. The van der Waals surface area contributed by atoms with E-state index in [0.717, 1.165) is 47.0 Å². The van der Waals surface area contributed by atoms with E-state index in [2.05, 4.69) is 15.3 Å². The number of methoxy groups -OCH3 is 1. The van der Waals surface area contributed by atoms with Crippen molar-refractivity contribution in [3.63, 3.8) is 0 Å². The number of para-hydroxylation sites is 1. The van der Waals surface area contributed by atoms with Crippen molar-refractivity contribution in [3.8, 4) is 5.75 Å². The quantitative estimate of drug-likeness (QED) is 0.441. The Hall–Kier alpha value is -3.46. The van der Waals surface area contributed by atoms with Gasteiger partial charge in [-0.25, -0.2) is 9.97 Å². The number of fused-ring (bicyclic) bond motifs is 3. The summed E-state index contributed by atoms with van der Waals surface area (Å²) >= 11 is 1.63. The third-order valence-electron chi connectivity index (χ3n) is 6.39. The summed E-state index contributed by atoms with van der Waals surface area (Å²) in [6, 6.07) is 7.09. The van der Waals surface area contributed by atoms with Crippen LogP contribution in [0.3, 0.4) is 0 Å². The Labute approximate surface area is 201 Å². The molecule has 4 aromatic rings. The molecule has 1 amide bonds. The number of imidazole rings is 1. The van der Waals surface area contributed by atoms with Gasteiger partial charge >= 0.3 is 0 Å². The summed E-state index contributed by atoms with van der Waals surface area (Å²) in [6.07, 6.45) is 9.48. The normalized spacial score (nSPS) is 14.1. The number of hydrogen-bond acceptors (Lipinski definition) is 6. The number of amides is 1. The van der Waals surface area contributed by atoms with Crippen molar-refractivity contribution >= 4 is 27.5 Å². The summed E-state index contributed by atoms with van der Waals surface area (Å²) in [4.78, 5) is 37.3. The van der Waals surface area contributed by atoms with Crippen LogP contribution < -0.4 is 15.6 Å². The third-order valence-corrected chi connectivity index (χ3v) is 7.59. The molecule has 176 valence electrons. The second-order valence-corrected chi connectivity index (χ2v) is 9.61. The van der Waals surface area contributed by atoms with Crippen LogP contribution in [0.5, 0.6) is 5.75 Å². The van der Waals surface area contributed by atoms with Crippen molar-refractivity contribution in [2.75, 3.05) is 7.11 Å². The van der Waals surface area contributed by atoms with Crippen molar-refractivity contribution in [1.82, 2.24) is 24.4 Å². The summed E-state index contributed by atoms with van der Waals surface area (Å²) in [7, 11) is 3.49. The van der Waals surface area contributed by atoms with Crippen LogP contribution in [0, 0.1) is 0 Å². The van der Waals surface area contributed by atoms with E-state index >= 15 is 0 Å². The molecule has 0 aliphatic heterocycles. The summed E-state index contributed by atoms with van der Waals surface area (Å²) < 4.78 is 8.96. The van der Waals surface area contributed by atoms with Crippen molar-refractivity contribution in [1.29, 1.82) is 0 Å². The predicted molar refractivity (Wildman–Crippen MR) is 131 cm³/mol. The fraction of sp³-hybridized carbons (Fsp3) is 0.360. The fourth-order valence-corrected chi connectivity index (χ4v) is 5.86. The van der Waals surface area contributed by atoms with Crippen molar-refractivity contribution in [2.45, 2.75) is 44.7 Å². The van der Waals surface area contributed by atoms with Gasteiger partial charge in [-0.3, -0.25) is 14.2 Å². The number of thiophene rings is 1. The van der Waals surface area contributed by atoms with Gasteiger partial charge in [0.2, 0.25) is 5.91 Å². The van der Waals surface area contributed by atoms with E-state index in [1.807, 2.05) is 42.1 Å². The maximum atomic E-state index is 13.2. The molecular weight excluding hydrogens is 450 g/mol. The lowest BCUT2D eigenvalue weighted by Gasteiger charge is -2.21. The van der Waals surface area contributed by atoms with Gasteiger partial charge in [0, 0.05) is 42.8 Å². The number of aryl methyl sites for hydroxylation is 4. The maximum absolute atomic E-state index is 13.2. The first kappa shape index (κ1) is 22.3. The Kier molecular flexibility index (Phi) is 6.19. The molecule has 0 fully saturated rings. The molecular formula is C25H27N5O3S. The molecule has 1 aromatic carbocycles. The molecule has 1 aliphatic carbocycles. The van der Waals surface area contributed by atoms with E-state index in [0.29, 0.717) is 11.6 Å². The number of nitrogens with zero attached hydrogens (tertiary/aromatic N) is 4. The second-order valence-electron chi connectivity index (χ2n) is 8.52. The number of rotatable bonds is 7. The average Bonchev–Trinajstić information content (AvgIpc) is 3.45. The van der Waals surface area contributed by atoms with Crippen molar-refractivity contribution < 1.29 is 9.53 Å². The van der Waals surface area contributed by atoms with E-state index in [9.17, 15) is 9.59 Å². The number of ether oxygens (including phenoxy) is 1. The number of aromatic nitrogens is 4. The van der Waals surface area contributed by atoms with E-state index in [1.165, 1.54) is 4.88 Å². The Morgan fingerprint density at radius 2 is 2.06 bits per heavy atom.